The van der Waals surface area contributed by atoms with Gasteiger partial charge < -0.3 is 9.64 Å². The van der Waals surface area contributed by atoms with Crippen molar-refractivity contribution in [3.8, 4) is 11.6 Å². The van der Waals surface area contributed by atoms with E-state index in [1.165, 1.54) is 6.33 Å². The fourth-order valence-corrected chi connectivity index (χ4v) is 2.75. The van der Waals surface area contributed by atoms with E-state index in [0.29, 0.717) is 24.4 Å². The molecule has 8 nitrogen and oxygen atoms in total. The van der Waals surface area contributed by atoms with Gasteiger partial charge in [0, 0.05) is 24.2 Å². The van der Waals surface area contributed by atoms with Crippen LogP contribution in [0.15, 0.2) is 36.7 Å². The van der Waals surface area contributed by atoms with Crippen LogP contribution in [0.2, 0.25) is 0 Å². The molecule has 0 radical (unpaired) electrons. The van der Waals surface area contributed by atoms with Crippen molar-refractivity contribution in [3.05, 3.63) is 52.5 Å². The van der Waals surface area contributed by atoms with Crippen molar-refractivity contribution in [1.82, 2.24) is 15.0 Å². The molecule has 0 bridgehead atoms. The summed E-state index contributed by atoms with van der Waals surface area (Å²) in [6.07, 6.45) is 1.28. The van der Waals surface area contributed by atoms with Crippen LogP contribution in [0.3, 0.4) is 0 Å². The SMILES string of the molecule is CCN(CC)c1ncnc(Oc2cccc3ccc(C)nc23)c1[N+](=O)[O-]. The van der Waals surface area contributed by atoms with Gasteiger partial charge in [0.1, 0.15) is 11.8 Å². The topological polar surface area (TPSA) is 94.3 Å². The van der Waals surface area contributed by atoms with Gasteiger partial charge >= 0.3 is 11.6 Å². The third-order valence-corrected chi connectivity index (χ3v) is 4.04. The van der Waals surface area contributed by atoms with Crippen molar-refractivity contribution >= 4 is 22.4 Å². The van der Waals surface area contributed by atoms with Gasteiger partial charge in [-0.1, -0.05) is 18.2 Å². The van der Waals surface area contributed by atoms with Gasteiger partial charge in [-0.2, -0.15) is 4.98 Å². The number of fused-ring (bicyclic) bond motifs is 1. The number of nitro groups is 1. The molecule has 2 aromatic heterocycles. The molecular weight excluding hydrogens is 334 g/mol. The van der Waals surface area contributed by atoms with E-state index in [2.05, 4.69) is 15.0 Å². The van der Waals surface area contributed by atoms with Crippen molar-refractivity contribution in [3.63, 3.8) is 0 Å². The number of hydrogen-bond donors (Lipinski definition) is 0. The summed E-state index contributed by atoms with van der Waals surface area (Å²) in [4.78, 5) is 25.6. The molecule has 8 heteroatoms. The number of nitrogens with zero attached hydrogens (tertiary/aromatic N) is 5. The Morgan fingerprint density at radius 1 is 1.15 bits per heavy atom. The first-order chi connectivity index (χ1) is 12.5. The summed E-state index contributed by atoms with van der Waals surface area (Å²) in [7, 11) is 0. The van der Waals surface area contributed by atoms with Crippen LogP contribution in [0, 0.1) is 17.0 Å². The number of para-hydroxylation sites is 1. The Morgan fingerprint density at radius 2 is 1.92 bits per heavy atom. The van der Waals surface area contributed by atoms with Crippen LogP contribution in [0.25, 0.3) is 10.9 Å². The van der Waals surface area contributed by atoms with Gasteiger partial charge in [-0.05, 0) is 32.9 Å². The molecule has 3 rings (SSSR count). The number of anilines is 1. The highest BCUT2D eigenvalue weighted by molar-refractivity contribution is 5.85. The maximum absolute atomic E-state index is 11.7. The van der Waals surface area contributed by atoms with Gasteiger partial charge in [-0.3, -0.25) is 10.1 Å². The molecule has 1 aromatic carbocycles. The van der Waals surface area contributed by atoms with Crippen LogP contribution in [0.5, 0.6) is 11.6 Å². The smallest absolute Gasteiger partial charge is 0.373 e. The van der Waals surface area contributed by atoms with E-state index in [4.69, 9.17) is 4.74 Å². The van der Waals surface area contributed by atoms with Gasteiger partial charge in [0.25, 0.3) is 0 Å². The molecule has 0 saturated heterocycles. The van der Waals surface area contributed by atoms with Gasteiger partial charge in [0.2, 0.25) is 5.82 Å². The maximum Gasteiger partial charge on any atom is 0.373 e. The monoisotopic (exact) mass is 353 g/mol. The molecule has 0 aliphatic rings. The second-order valence-corrected chi connectivity index (χ2v) is 5.66. The van der Waals surface area contributed by atoms with Crippen LogP contribution < -0.4 is 9.64 Å². The highest BCUT2D eigenvalue weighted by Crippen LogP contribution is 2.37. The van der Waals surface area contributed by atoms with Gasteiger partial charge in [-0.25, -0.2) is 9.97 Å². The lowest BCUT2D eigenvalue weighted by molar-refractivity contribution is -0.385. The molecule has 26 heavy (non-hydrogen) atoms. The average molecular weight is 353 g/mol. The molecular formula is C18H19N5O3. The summed E-state index contributed by atoms with van der Waals surface area (Å²) in [5, 5.41) is 12.6. The maximum atomic E-state index is 11.7. The highest BCUT2D eigenvalue weighted by atomic mass is 16.6. The van der Waals surface area contributed by atoms with Gasteiger partial charge in [0.15, 0.2) is 5.75 Å². The Bertz CT molecular complexity index is 957. The molecule has 0 fully saturated rings. The second-order valence-electron chi connectivity index (χ2n) is 5.66. The number of pyridine rings is 1. The number of benzene rings is 1. The lowest BCUT2D eigenvalue weighted by atomic mass is 10.2. The third-order valence-electron chi connectivity index (χ3n) is 4.04. The van der Waals surface area contributed by atoms with Gasteiger partial charge in [-0.15, -0.1) is 0 Å². The third kappa shape index (κ3) is 3.26. The highest BCUT2D eigenvalue weighted by Gasteiger charge is 2.28. The summed E-state index contributed by atoms with van der Waals surface area (Å²) in [6.45, 7) is 6.87. The molecule has 3 aromatic rings. The van der Waals surface area contributed by atoms with Crippen molar-refractivity contribution in [2.24, 2.45) is 0 Å². The number of rotatable bonds is 6. The molecule has 2 heterocycles. The largest absolute Gasteiger partial charge is 0.431 e. The fraction of sp³-hybridized carbons (Fsp3) is 0.278. The molecule has 0 unspecified atom stereocenters. The molecule has 0 spiro atoms. The number of ether oxygens (including phenoxy) is 1. The average Bonchev–Trinajstić information content (AvgIpc) is 2.63. The first-order valence-corrected chi connectivity index (χ1v) is 8.33. The Labute approximate surface area is 150 Å². The summed E-state index contributed by atoms with van der Waals surface area (Å²) in [5.74, 6) is 0.565. The van der Waals surface area contributed by atoms with Crippen molar-refractivity contribution < 1.29 is 9.66 Å². The van der Waals surface area contributed by atoms with E-state index in [1.54, 1.807) is 11.0 Å². The zero-order valence-corrected chi connectivity index (χ0v) is 14.8. The zero-order chi connectivity index (χ0) is 18.7. The van der Waals surface area contributed by atoms with Crippen LogP contribution in [0.4, 0.5) is 11.5 Å². The standard InChI is InChI=1S/C18H19N5O3/c1-4-22(5-2)17-16(23(24)25)18(20-11-19-17)26-14-8-6-7-13-10-9-12(3)21-15(13)14/h6-11H,4-5H2,1-3H3. The molecule has 0 aliphatic carbocycles. The van der Waals surface area contributed by atoms with E-state index in [-0.39, 0.29) is 17.4 Å². The van der Waals surface area contributed by atoms with E-state index in [0.717, 1.165) is 11.1 Å². The van der Waals surface area contributed by atoms with Crippen molar-refractivity contribution in [2.45, 2.75) is 20.8 Å². The van der Waals surface area contributed by atoms with Crippen LogP contribution in [0.1, 0.15) is 19.5 Å². The van der Waals surface area contributed by atoms with Crippen LogP contribution in [-0.4, -0.2) is 33.0 Å². The zero-order valence-electron chi connectivity index (χ0n) is 14.8. The molecule has 0 aliphatic heterocycles. The number of hydrogen-bond acceptors (Lipinski definition) is 7. The Hall–Kier alpha value is -3.29. The minimum atomic E-state index is -0.507. The predicted molar refractivity (Wildman–Crippen MR) is 98.8 cm³/mol. The number of aromatic nitrogens is 3. The van der Waals surface area contributed by atoms with Crippen molar-refractivity contribution in [2.75, 3.05) is 18.0 Å². The molecule has 0 amide bonds. The van der Waals surface area contributed by atoms with Crippen LogP contribution in [-0.2, 0) is 0 Å². The molecule has 0 saturated carbocycles. The number of aryl methyl sites for hydroxylation is 1. The van der Waals surface area contributed by atoms with Crippen LogP contribution >= 0.6 is 0 Å². The van der Waals surface area contributed by atoms with E-state index < -0.39 is 4.92 Å². The summed E-state index contributed by atoms with van der Waals surface area (Å²) in [6, 6.07) is 9.27. The first-order valence-electron chi connectivity index (χ1n) is 8.33. The van der Waals surface area contributed by atoms with Gasteiger partial charge in [0.05, 0.1) is 4.92 Å². The Balaban J connectivity index is 2.12. The fourth-order valence-electron chi connectivity index (χ4n) is 2.75. The summed E-state index contributed by atoms with van der Waals surface area (Å²) in [5.41, 5.74) is 1.21. The molecule has 134 valence electrons. The summed E-state index contributed by atoms with van der Waals surface area (Å²) >= 11 is 0. The predicted octanol–water partition coefficient (Wildman–Crippen LogP) is 3.88. The Morgan fingerprint density at radius 3 is 2.62 bits per heavy atom. The minimum absolute atomic E-state index is 0.0947. The minimum Gasteiger partial charge on any atom is -0.431 e. The van der Waals surface area contributed by atoms with E-state index in [9.17, 15) is 10.1 Å². The molecule has 0 atom stereocenters. The van der Waals surface area contributed by atoms with E-state index in [1.807, 2.05) is 45.0 Å². The second kappa shape index (κ2) is 7.30. The normalized spacial score (nSPS) is 10.7. The quantitative estimate of drug-likeness (QED) is 0.490. The lowest BCUT2D eigenvalue weighted by Gasteiger charge is -2.19. The van der Waals surface area contributed by atoms with Crippen molar-refractivity contribution in [1.29, 1.82) is 0 Å². The van der Waals surface area contributed by atoms with E-state index >= 15 is 0 Å². The lowest BCUT2D eigenvalue weighted by Crippen LogP contribution is -2.24. The Kier molecular flexibility index (Phi) is 4.92. The first kappa shape index (κ1) is 17.5. The summed E-state index contributed by atoms with van der Waals surface area (Å²) < 4.78 is 5.84. The molecule has 0 N–H and O–H groups in total.